The molecule has 1 atom stereocenters. The van der Waals surface area contributed by atoms with E-state index in [1.54, 1.807) is 25.2 Å². The first kappa shape index (κ1) is 16.8. The molecule has 2 aromatic heterocycles. The zero-order chi connectivity index (χ0) is 18.4. The van der Waals surface area contributed by atoms with Gasteiger partial charge in [0.05, 0.1) is 0 Å². The minimum Gasteiger partial charge on any atom is -0.507 e. The number of fused-ring (bicyclic) bond motifs is 3. The monoisotopic (exact) mass is 368 g/mol. The lowest BCUT2D eigenvalue weighted by atomic mass is 9.95. The molecule has 4 nitrogen and oxygen atoms in total. The van der Waals surface area contributed by atoms with E-state index in [9.17, 15) is 14.3 Å². The van der Waals surface area contributed by atoms with E-state index in [1.165, 1.54) is 23.5 Å². The number of aromatic nitrogens is 1. The molecule has 0 fully saturated rings. The van der Waals surface area contributed by atoms with Crippen molar-refractivity contribution in [2.24, 2.45) is 0 Å². The van der Waals surface area contributed by atoms with Crippen molar-refractivity contribution in [3.05, 3.63) is 63.5 Å². The Morgan fingerprint density at radius 1 is 1.23 bits per heavy atom. The van der Waals surface area contributed by atoms with Gasteiger partial charge in [-0.2, -0.15) is 0 Å². The van der Waals surface area contributed by atoms with Crippen molar-refractivity contribution in [1.29, 1.82) is 0 Å². The largest absolute Gasteiger partial charge is 0.507 e. The fourth-order valence-corrected chi connectivity index (χ4v) is 4.11. The molecule has 26 heavy (non-hydrogen) atoms. The van der Waals surface area contributed by atoms with Crippen LogP contribution in [0.4, 0.5) is 4.39 Å². The lowest BCUT2D eigenvalue weighted by molar-refractivity contribution is 0.478. The number of rotatable bonds is 3. The molecule has 0 aliphatic carbocycles. The number of hydrogen-bond donors (Lipinski definition) is 3. The Hall–Kier alpha value is -2.70. The van der Waals surface area contributed by atoms with Gasteiger partial charge in [0.15, 0.2) is 0 Å². The molecule has 0 radical (unpaired) electrons. The van der Waals surface area contributed by atoms with Crippen LogP contribution in [0, 0.1) is 5.82 Å². The molecule has 1 unspecified atom stereocenters. The summed E-state index contributed by atoms with van der Waals surface area (Å²) in [5.74, 6) is -0.294. The Morgan fingerprint density at radius 3 is 2.77 bits per heavy atom. The van der Waals surface area contributed by atoms with Gasteiger partial charge in [-0.3, -0.25) is 4.79 Å². The van der Waals surface area contributed by atoms with Crippen LogP contribution in [0.25, 0.3) is 32.1 Å². The molecule has 0 spiro atoms. The van der Waals surface area contributed by atoms with E-state index in [2.05, 4.69) is 10.3 Å². The van der Waals surface area contributed by atoms with Crippen LogP contribution in [0.2, 0.25) is 0 Å². The summed E-state index contributed by atoms with van der Waals surface area (Å²) in [5, 5.41) is 16.9. The molecule has 0 saturated heterocycles. The first-order valence-electron chi connectivity index (χ1n) is 8.23. The number of aromatic hydroxyl groups is 1. The number of hydrogen-bond acceptors (Lipinski definition) is 4. The van der Waals surface area contributed by atoms with Crippen molar-refractivity contribution in [3.8, 4) is 16.9 Å². The molecule has 2 aromatic carbocycles. The SMILES string of the molecule is CNC(C)c1ccc(-c2c(O)ccc3[nH]c(=O)c4sccc4c23)cc1F. The molecular weight excluding hydrogens is 351 g/mol. The van der Waals surface area contributed by atoms with Crippen molar-refractivity contribution in [2.45, 2.75) is 13.0 Å². The number of benzene rings is 2. The quantitative estimate of drug-likeness (QED) is 0.498. The molecule has 0 aliphatic heterocycles. The van der Waals surface area contributed by atoms with Crippen LogP contribution in [0.3, 0.4) is 0 Å². The highest BCUT2D eigenvalue weighted by molar-refractivity contribution is 7.17. The number of H-pyrrole nitrogens is 1. The van der Waals surface area contributed by atoms with Gasteiger partial charge in [-0.25, -0.2) is 4.39 Å². The fraction of sp³-hybridized carbons (Fsp3) is 0.150. The summed E-state index contributed by atoms with van der Waals surface area (Å²) in [7, 11) is 1.78. The Bertz CT molecular complexity index is 1200. The first-order valence-corrected chi connectivity index (χ1v) is 9.11. The maximum atomic E-state index is 14.6. The normalized spacial score (nSPS) is 12.7. The smallest absolute Gasteiger partial charge is 0.266 e. The number of aromatic amines is 1. The summed E-state index contributed by atoms with van der Waals surface area (Å²) in [6, 6.07) is 9.87. The van der Waals surface area contributed by atoms with Gasteiger partial charge in [0, 0.05) is 33.5 Å². The van der Waals surface area contributed by atoms with E-state index in [0.29, 0.717) is 26.9 Å². The van der Waals surface area contributed by atoms with Gasteiger partial charge in [-0.05, 0) is 49.2 Å². The van der Waals surface area contributed by atoms with Gasteiger partial charge in [0.1, 0.15) is 16.3 Å². The van der Waals surface area contributed by atoms with Crippen LogP contribution in [-0.4, -0.2) is 17.1 Å². The molecule has 0 aliphatic rings. The molecule has 4 rings (SSSR count). The second-order valence-electron chi connectivity index (χ2n) is 6.25. The highest BCUT2D eigenvalue weighted by Gasteiger charge is 2.17. The van der Waals surface area contributed by atoms with Gasteiger partial charge in [-0.15, -0.1) is 11.3 Å². The van der Waals surface area contributed by atoms with E-state index in [-0.39, 0.29) is 23.2 Å². The minimum absolute atomic E-state index is 0.0471. The second kappa shape index (κ2) is 6.23. The lowest BCUT2D eigenvalue weighted by Gasteiger charge is -2.15. The molecule has 0 saturated carbocycles. The molecule has 6 heteroatoms. The molecule has 3 N–H and O–H groups in total. The highest BCUT2D eigenvalue weighted by Crippen LogP contribution is 2.40. The van der Waals surface area contributed by atoms with Crippen LogP contribution in [0.5, 0.6) is 5.75 Å². The molecule has 0 bridgehead atoms. The van der Waals surface area contributed by atoms with Crippen LogP contribution in [0.15, 0.2) is 46.6 Å². The van der Waals surface area contributed by atoms with Crippen LogP contribution in [0.1, 0.15) is 18.5 Å². The van der Waals surface area contributed by atoms with Gasteiger partial charge in [0.25, 0.3) is 5.56 Å². The summed E-state index contributed by atoms with van der Waals surface area (Å²) in [6.07, 6.45) is 0. The van der Waals surface area contributed by atoms with Crippen LogP contribution in [-0.2, 0) is 0 Å². The van der Waals surface area contributed by atoms with Crippen molar-refractivity contribution in [3.63, 3.8) is 0 Å². The van der Waals surface area contributed by atoms with Crippen molar-refractivity contribution < 1.29 is 9.50 Å². The number of phenolic OH excluding ortho intramolecular Hbond substituents is 1. The predicted molar refractivity (Wildman–Crippen MR) is 104 cm³/mol. The standard InChI is InChI=1S/C20H17FN2O2S/c1-10(22-2)12-4-3-11(9-14(12)21)17-16(24)6-5-15-18(17)13-7-8-26-19(13)20(25)23-15/h3-10,22,24H,1-2H3,(H,23,25). The number of phenols is 1. The number of nitrogens with one attached hydrogen (secondary N) is 2. The predicted octanol–water partition coefficient (Wildman–Crippen LogP) is 4.53. The molecule has 132 valence electrons. The van der Waals surface area contributed by atoms with Crippen LogP contribution >= 0.6 is 11.3 Å². The van der Waals surface area contributed by atoms with E-state index in [0.717, 1.165) is 10.8 Å². The van der Waals surface area contributed by atoms with Crippen molar-refractivity contribution >= 4 is 32.3 Å². The second-order valence-corrected chi connectivity index (χ2v) is 7.16. The Labute approximate surface area is 152 Å². The van der Waals surface area contributed by atoms with E-state index >= 15 is 0 Å². The average molecular weight is 368 g/mol. The molecule has 2 heterocycles. The number of thiophene rings is 1. The fourth-order valence-electron chi connectivity index (χ4n) is 3.32. The topological polar surface area (TPSA) is 65.1 Å². The lowest BCUT2D eigenvalue weighted by Crippen LogP contribution is -2.13. The highest BCUT2D eigenvalue weighted by atomic mass is 32.1. The van der Waals surface area contributed by atoms with Gasteiger partial charge in [0.2, 0.25) is 0 Å². The third-order valence-corrected chi connectivity index (χ3v) is 5.67. The summed E-state index contributed by atoms with van der Waals surface area (Å²) in [4.78, 5) is 15.1. The number of halogens is 1. The van der Waals surface area contributed by atoms with Crippen LogP contribution < -0.4 is 10.9 Å². The maximum absolute atomic E-state index is 14.6. The van der Waals surface area contributed by atoms with Crippen molar-refractivity contribution in [2.75, 3.05) is 7.05 Å². The van der Waals surface area contributed by atoms with E-state index in [4.69, 9.17) is 0 Å². The zero-order valence-corrected chi connectivity index (χ0v) is 15.1. The van der Waals surface area contributed by atoms with Crippen molar-refractivity contribution in [1.82, 2.24) is 10.3 Å². The van der Waals surface area contributed by atoms with Gasteiger partial charge < -0.3 is 15.4 Å². The van der Waals surface area contributed by atoms with Gasteiger partial charge >= 0.3 is 0 Å². The Kier molecular flexibility index (Phi) is 4.01. The van der Waals surface area contributed by atoms with E-state index in [1.807, 2.05) is 18.4 Å². The summed E-state index contributed by atoms with van der Waals surface area (Å²) in [6.45, 7) is 1.88. The molecule has 0 amide bonds. The Morgan fingerprint density at radius 2 is 2.04 bits per heavy atom. The third-order valence-electron chi connectivity index (χ3n) is 4.76. The van der Waals surface area contributed by atoms with Gasteiger partial charge in [-0.1, -0.05) is 12.1 Å². The summed E-state index contributed by atoms with van der Waals surface area (Å²) in [5.41, 5.74) is 2.09. The Balaban J connectivity index is 2.06. The molecule has 4 aromatic rings. The minimum atomic E-state index is -0.341. The molecular formula is C20H17FN2O2S. The van der Waals surface area contributed by atoms with E-state index < -0.39 is 0 Å². The first-order chi connectivity index (χ1) is 12.5. The average Bonchev–Trinajstić information content (AvgIpc) is 3.12. The maximum Gasteiger partial charge on any atom is 0.266 e. The summed E-state index contributed by atoms with van der Waals surface area (Å²) < 4.78 is 15.2. The summed E-state index contributed by atoms with van der Waals surface area (Å²) >= 11 is 1.34. The zero-order valence-electron chi connectivity index (χ0n) is 14.3. The number of pyridine rings is 1. The third kappa shape index (κ3) is 2.50.